The fraction of sp³-hybridized carbons (Fsp3) is 0.400. The van der Waals surface area contributed by atoms with Gasteiger partial charge in [-0.25, -0.2) is 4.98 Å². The van der Waals surface area contributed by atoms with Crippen LogP contribution in [-0.2, 0) is 4.79 Å². The van der Waals surface area contributed by atoms with E-state index in [0.29, 0.717) is 22.6 Å². The van der Waals surface area contributed by atoms with Crippen LogP contribution in [0.25, 0.3) is 0 Å². The number of aromatic nitrogens is 1. The summed E-state index contributed by atoms with van der Waals surface area (Å²) < 4.78 is 5.50. The Morgan fingerprint density at radius 3 is 2.94 bits per heavy atom. The van der Waals surface area contributed by atoms with Crippen LogP contribution in [0.1, 0.15) is 13.3 Å². The molecule has 1 atom stereocenters. The van der Waals surface area contributed by atoms with Crippen molar-refractivity contribution in [3.05, 3.63) is 16.7 Å². The smallest absolute Gasteiger partial charge is 0.253 e. The third kappa shape index (κ3) is 3.46. The summed E-state index contributed by atoms with van der Waals surface area (Å²) in [7, 11) is 1.49. The van der Waals surface area contributed by atoms with Gasteiger partial charge in [-0.1, -0.05) is 6.92 Å². The molecule has 0 saturated heterocycles. The maximum absolute atomic E-state index is 11.4. The minimum absolute atomic E-state index is 0.370. The average molecular weight is 289 g/mol. The van der Waals surface area contributed by atoms with Crippen molar-refractivity contribution >= 4 is 27.5 Å². The molecule has 1 amide bonds. The Balaban J connectivity index is 2.81. The lowest BCUT2D eigenvalue weighted by atomic mass is 10.2. The minimum atomic E-state index is -1.00. The number of nitrogens with one attached hydrogen (secondary N) is 1. The zero-order chi connectivity index (χ0) is 12.1. The van der Waals surface area contributed by atoms with Crippen LogP contribution in [0, 0.1) is 0 Å². The molecule has 0 aliphatic rings. The molecule has 0 aliphatic carbocycles. The standard InChI is InChI=1S/C10H13BrN2O3/c1-3-7(14)10(15)12-6-4-8(11)13-9(5-6)16-2/h4-5,7,14H,3H2,1-2H3,(H,12,13,15). The topological polar surface area (TPSA) is 71.5 Å². The Morgan fingerprint density at radius 2 is 2.38 bits per heavy atom. The normalized spacial score (nSPS) is 12.0. The second-order valence-corrected chi connectivity index (χ2v) is 3.95. The summed E-state index contributed by atoms with van der Waals surface area (Å²) >= 11 is 3.19. The number of hydrogen-bond donors (Lipinski definition) is 2. The number of anilines is 1. The summed E-state index contributed by atoms with van der Waals surface area (Å²) in [4.78, 5) is 15.4. The summed E-state index contributed by atoms with van der Waals surface area (Å²) in [5.74, 6) is -0.0571. The van der Waals surface area contributed by atoms with Gasteiger partial charge in [0.25, 0.3) is 5.91 Å². The van der Waals surface area contributed by atoms with Crippen LogP contribution < -0.4 is 10.1 Å². The number of nitrogens with zero attached hydrogens (tertiary/aromatic N) is 1. The fourth-order valence-corrected chi connectivity index (χ4v) is 1.48. The van der Waals surface area contributed by atoms with Crippen molar-refractivity contribution in [2.24, 2.45) is 0 Å². The van der Waals surface area contributed by atoms with Crippen LogP contribution in [0.2, 0.25) is 0 Å². The van der Waals surface area contributed by atoms with Gasteiger partial charge in [0.05, 0.1) is 7.11 Å². The van der Waals surface area contributed by atoms with E-state index in [-0.39, 0.29) is 0 Å². The average Bonchev–Trinajstić information content (AvgIpc) is 2.26. The first-order chi connectivity index (χ1) is 7.56. The van der Waals surface area contributed by atoms with Gasteiger partial charge in [-0.2, -0.15) is 0 Å². The number of carbonyl (C=O) groups excluding carboxylic acids is 1. The van der Waals surface area contributed by atoms with Gasteiger partial charge >= 0.3 is 0 Å². The number of ether oxygens (including phenoxy) is 1. The maximum Gasteiger partial charge on any atom is 0.253 e. The largest absolute Gasteiger partial charge is 0.481 e. The molecule has 0 spiro atoms. The molecule has 0 aliphatic heterocycles. The minimum Gasteiger partial charge on any atom is -0.481 e. The van der Waals surface area contributed by atoms with Crippen molar-refractivity contribution in [1.82, 2.24) is 4.98 Å². The number of hydrogen-bond acceptors (Lipinski definition) is 4. The monoisotopic (exact) mass is 288 g/mol. The number of aliphatic hydroxyl groups excluding tert-OH is 1. The number of pyridine rings is 1. The molecule has 1 rings (SSSR count). The van der Waals surface area contributed by atoms with Crippen LogP contribution in [0.15, 0.2) is 16.7 Å². The number of methoxy groups -OCH3 is 1. The van der Waals surface area contributed by atoms with Crippen molar-refractivity contribution in [2.75, 3.05) is 12.4 Å². The van der Waals surface area contributed by atoms with Crippen LogP contribution in [-0.4, -0.2) is 29.2 Å². The highest BCUT2D eigenvalue weighted by Gasteiger charge is 2.13. The van der Waals surface area contributed by atoms with Gasteiger partial charge in [0.2, 0.25) is 5.88 Å². The lowest BCUT2D eigenvalue weighted by molar-refractivity contribution is -0.124. The Hall–Kier alpha value is -1.14. The number of halogens is 1. The van der Waals surface area contributed by atoms with Gasteiger partial charge < -0.3 is 15.2 Å². The third-order valence-corrected chi connectivity index (χ3v) is 2.34. The van der Waals surface area contributed by atoms with Crippen molar-refractivity contribution in [1.29, 1.82) is 0 Å². The van der Waals surface area contributed by atoms with Crippen LogP contribution in [0.5, 0.6) is 5.88 Å². The Morgan fingerprint density at radius 1 is 1.69 bits per heavy atom. The third-order valence-electron chi connectivity index (χ3n) is 1.94. The van der Waals surface area contributed by atoms with Gasteiger partial charge in [-0.05, 0) is 28.4 Å². The maximum atomic E-state index is 11.4. The summed E-state index contributed by atoms with van der Waals surface area (Å²) in [6, 6.07) is 3.20. The van der Waals surface area contributed by atoms with Crippen LogP contribution >= 0.6 is 15.9 Å². The Kier molecular flexibility index (Phi) is 4.70. The van der Waals surface area contributed by atoms with E-state index in [1.165, 1.54) is 7.11 Å². The molecule has 1 aromatic heterocycles. The number of carbonyl (C=O) groups is 1. The van der Waals surface area contributed by atoms with E-state index in [9.17, 15) is 9.90 Å². The SMILES string of the molecule is CCC(O)C(=O)Nc1cc(Br)nc(OC)c1. The molecule has 5 nitrogen and oxygen atoms in total. The van der Waals surface area contributed by atoms with Gasteiger partial charge in [0, 0.05) is 11.8 Å². The first-order valence-electron chi connectivity index (χ1n) is 4.77. The summed E-state index contributed by atoms with van der Waals surface area (Å²) in [6.07, 6.45) is -0.632. The number of aliphatic hydroxyl groups is 1. The molecule has 16 heavy (non-hydrogen) atoms. The predicted octanol–water partition coefficient (Wildman–Crippen LogP) is 1.56. The van der Waals surface area contributed by atoms with Crippen molar-refractivity contribution in [3.8, 4) is 5.88 Å². The van der Waals surface area contributed by atoms with E-state index in [1.807, 2.05) is 0 Å². The second kappa shape index (κ2) is 5.81. The highest BCUT2D eigenvalue weighted by atomic mass is 79.9. The zero-order valence-electron chi connectivity index (χ0n) is 9.03. The molecule has 0 radical (unpaired) electrons. The highest BCUT2D eigenvalue weighted by molar-refractivity contribution is 9.10. The van der Waals surface area contributed by atoms with Crippen molar-refractivity contribution in [2.45, 2.75) is 19.4 Å². The van der Waals surface area contributed by atoms with Gasteiger partial charge in [-0.15, -0.1) is 0 Å². The number of rotatable bonds is 4. The van der Waals surface area contributed by atoms with E-state index >= 15 is 0 Å². The molecule has 88 valence electrons. The molecule has 0 aromatic carbocycles. The van der Waals surface area contributed by atoms with Gasteiger partial charge in [0.1, 0.15) is 10.7 Å². The van der Waals surface area contributed by atoms with Crippen molar-refractivity contribution < 1.29 is 14.6 Å². The molecule has 1 aromatic rings. The molecule has 0 bridgehead atoms. The lowest BCUT2D eigenvalue weighted by Gasteiger charge is -2.10. The number of amides is 1. The summed E-state index contributed by atoms with van der Waals surface area (Å²) in [5.41, 5.74) is 0.524. The van der Waals surface area contributed by atoms with Crippen molar-refractivity contribution in [3.63, 3.8) is 0 Å². The zero-order valence-corrected chi connectivity index (χ0v) is 10.6. The molecular formula is C10H13BrN2O3. The van der Waals surface area contributed by atoms with Gasteiger partial charge in [0.15, 0.2) is 0 Å². The molecule has 0 fully saturated rings. The molecule has 6 heteroatoms. The first kappa shape index (κ1) is 12.9. The highest BCUT2D eigenvalue weighted by Crippen LogP contribution is 2.20. The van der Waals surface area contributed by atoms with Crippen LogP contribution in [0.4, 0.5) is 5.69 Å². The van der Waals surface area contributed by atoms with E-state index in [1.54, 1.807) is 19.1 Å². The molecule has 1 heterocycles. The lowest BCUT2D eigenvalue weighted by Crippen LogP contribution is -2.26. The molecule has 1 unspecified atom stereocenters. The van der Waals surface area contributed by atoms with E-state index < -0.39 is 12.0 Å². The second-order valence-electron chi connectivity index (χ2n) is 3.13. The molecular weight excluding hydrogens is 276 g/mol. The predicted molar refractivity (Wildman–Crippen MR) is 63.4 cm³/mol. The summed E-state index contributed by atoms with van der Waals surface area (Å²) in [6.45, 7) is 1.73. The molecule has 2 N–H and O–H groups in total. The van der Waals surface area contributed by atoms with E-state index in [4.69, 9.17) is 4.74 Å². The quantitative estimate of drug-likeness (QED) is 0.825. The first-order valence-corrected chi connectivity index (χ1v) is 5.56. The van der Waals surface area contributed by atoms with E-state index in [2.05, 4.69) is 26.2 Å². The van der Waals surface area contributed by atoms with E-state index in [0.717, 1.165) is 0 Å². The Bertz CT molecular complexity index is 384. The molecule has 0 saturated carbocycles. The fourth-order valence-electron chi connectivity index (χ4n) is 1.06. The Labute approximate surface area is 102 Å². The summed E-state index contributed by atoms with van der Waals surface area (Å²) in [5, 5.41) is 11.9. The van der Waals surface area contributed by atoms with Crippen LogP contribution in [0.3, 0.4) is 0 Å². The van der Waals surface area contributed by atoms with Gasteiger partial charge in [-0.3, -0.25) is 4.79 Å².